The van der Waals surface area contributed by atoms with Crippen LogP contribution in [0.4, 0.5) is 0 Å². The minimum atomic E-state index is 0.467. The van der Waals surface area contributed by atoms with E-state index in [0.29, 0.717) is 11.5 Å². The normalized spacial score (nSPS) is 19.3. The van der Waals surface area contributed by atoms with Gasteiger partial charge in [0.25, 0.3) is 0 Å². The van der Waals surface area contributed by atoms with Crippen LogP contribution < -0.4 is 5.32 Å². The summed E-state index contributed by atoms with van der Waals surface area (Å²) >= 11 is 0. The highest BCUT2D eigenvalue weighted by Crippen LogP contribution is 2.43. The Labute approximate surface area is 112 Å². The molecule has 0 saturated heterocycles. The van der Waals surface area contributed by atoms with Crippen LogP contribution in [-0.4, -0.2) is 6.54 Å². The molecule has 1 nitrogen and oxygen atoms in total. The standard InChI is InChI=1S/C17H27N/c1-5-17(9-6-10-17)12-18-15(4)16-11-13(2)7-8-14(16)3/h7-8,11,15,18H,5-6,9-10,12H2,1-4H3. The first-order chi connectivity index (χ1) is 8.56. The van der Waals surface area contributed by atoms with Gasteiger partial charge in [-0.2, -0.15) is 0 Å². The van der Waals surface area contributed by atoms with Gasteiger partial charge in [-0.1, -0.05) is 37.1 Å². The minimum Gasteiger partial charge on any atom is -0.310 e. The average Bonchev–Trinajstić information content (AvgIpc) is 2.31. The predicted molar refractivity (Wildman–Crippen MR) is 78.9 cm³/mol. The maximum Gasteiger partial charge on any atom is 0.0294 e. The van der Waals surface area contributed by atoms with E-state index in [1.807, 2.05) is 0 Å². The van der Waals surface area contributed by atoms with Crippen molar-refractivity contribution in [2.75, 3.05) is 6.54 Å². The van der Waals surface area contributed by atoms with Crippen molar-refractivity contribution in [2.24, 2.45) is 5.41 Å². The van der Waals surface area contributed by atoms with Gasteiger partial charge in [0.05, 0.1) is 0 Å². The molecule has 1 fully saturated rings. The Morgan fingerprint density at radius 3 is 2.56 bits per heavy atom. The van der Waals surface area contributed by atoms with Crippen LogP contribution in [0.2, 0.25) is 0 Å². The first-order valence-corrected chi connectivity index (χ1v) is 7.37. The van der Waals surface area contributed by atoms with Crippen molar-refractivity contribution in [1.29, 1.82) is 0 Å². The fourth-order valence-corrected chi connectivity index (χ4v) is 3.04. The van der Waals surface area contributed by atoms with Gasteiger partial charge >= 0.3 is 0 Å². The second-order valence-electron chi connectivity index (χ2n) is 6.17. The number of hydrogen-bond donors (Lipinski definition) is 1. The minimum absolute atomic E-state index is 0.467. The van der Waals surface area contributed by atoms with Crippen molar-refractivity contribution >= 4 is 0 Å². The maximum atomic E-state index is 3.76. The zero-order chi connectivity index (χ0) is 13.2. The van der Waals surface area contributed by atoms with Crippen LogP contribution in [0, 0.1) is 19.3 Å². The summed E-state index contributed by atoms with van der Waals surface area (Å²) in [5.41, 5.74) is 4.82. The van der Waals surface area contributed by atoms with E-state index in [0.717, 1.165) is 0 Å². The van der Waals surface area contributed by atoms with Gasteiger partial charge in [-0.15, -0.1) is 0 Å². The molecule has 1 unspecified atom stereocenters. The molecule has 0 radical (unpaired) electrons. The summed E-state index contributed by atoms with van der Waals surface area (Å²) in [6, 6.07) is 7.23. The van der Waals surface area contributed by atoms with E-state index in [4.69, 9.17) is 0 Å². The number of aryl methyl sites for hydroxylation is 2. The molecule has 1 aromatic rings. The average molecular weight is 245 g/mol. The van der Waals surface area contributed by atoms with Crippen molar-refractivity contribution in [3.63, 3.8) is 0 Å². The molecule has 0 spiro atoms. The van der Waals surface area contributed by atoms with E-state index >= 15 is 0 Å². The number of nitrogens with one attached hydrogen (secondary N) is 1. The van der Waals surface area contributed by atoms with Crippen LogP contribution in [0.3, 0.4) is 0 Å². The zero-order valence-corrected chi connectivity index (χ0v) is 12.3. The molecule has 18 heavy (non-hydrogen) atoms. The summed E-state index contributed by atoms with van der Waals surface area (Å²) in [7, 11) is 0. The molecule has 1 N–H and O–H groups in total. The molecule has 1 saturated carbocycles. The van der Waals surface area contributed by atoms with Crippen LogP contribution in [0.25, 0.3) is 0 Å². The third-order valence-electron chi connectivity index (χ3n) is 4.85. The van der Waals surface area contributed by atoms with Crippen LogP contribution in [0.5, 0.6) is 0 Å². The van der Waals surface area contributed by atoms with Gasteiger partial charge in [-0.25, -0.2) is 0 Å². The Morgan fingerprint density at radius 1 is 1.28 bits per heavy atom. The number of benzene rings is 1. The molecule has 0 aliphatic heterocycles. The van der Waals surface area contributed by atoms with E-state index in [1.54, 1.807) is 0 Å². The second-order valence-corrected chi connectivity index (χ2v) is 6.17. The largest absolute Gasteiger partial charge is 0.310 e. The molecular weight excluding hydrogens is 218 g/mol. The molecule has 1 aromatic carbocycles. The lowest BCUT2D eigenvalue weighted by atomic mass is 9.67. The molecule has 1 aliphatic carbocycles. The van der Waals surface area contributed by atoms with Crippen LogP contribution in [0.1, 0.15) is 62.3 Å². The first kappa shape index (κ1) is 13.6. The Morgan fingerprint density at radius 2 is 2.00 bits per heavy atom. The van der Waals surface area contributed by atoms with Gasteiger partial charge < -0.3 is 5.32 Å². The highest BCUT2D eigenvalue weighted by molar-refractivity contribution is 5.32. The Bertz CT molecular complexity index is 399. The third kappa shape index (κ3) is 2.77. The van der Waals surface area contributed by atoms with Crippen molar-refractivity contribution in [2.45, 2.75) is 59.4 Å². The molecule has 0 amide bonds. The molecule has 0 bridgehead atoms. The topological polar surface area (TPSA) is 12.0 Å². The van der Waals surface area contributed by atoms with Gasteiger partial charge in [-0.05, 0) is 56.6 Å². The predicted octanol–water partition coefficient (Wildman–Crippen LogP) is 4.53. The number of rotatable bonds is 5. The fourth-order valence-electron chi connectivity index (χ4n) is 3.04. The lowest BCUT2D eigenvalue weighted by Crippen LogP contribution is -2.40. The smallest absolute Gasteiger partial charge is 0.0294 e. The lowest BCUT2D eigenvalue weighted by Gasteiger charge is -2.42. The fraction of sp³-hybridized carbons (Fsp3) is 0.647. The van der Waals surface area contributed by atoms with Gasteiger partial charge in [0, 0.05) is 12.6 Å². The quantitative estimate of drug-likeness (QED) is 0.803. The van der Waals surface area contributed by atoms with Gasteiger partial charge in [-0.3, -0.25) is 0 Å². The summed E-state index contributed by atoms with van der Waals surface area (Å²) in [6.45, 7) is 10.2. The van der Waals surface area contributed by atoms with E-state index in [2.05, 4.69) is 51.2 Å². The highest BCUT2D eigenvalue weighted by Gasteiger charge is 2.34. The molecule has 100 valence electrons. The highest BCUT2D eigenvalue weighted by atomic mass is 14.9. The van der Waals surface area contributed by atoms with E-state index in [-0.39, 0.29) is 0 Å². The second kappa shape index (κ2) is 5.44. The van der Waals surface area contributed by atoms with Crippen molar-refractivity contribution < 1.29 is 0 Å². The van der Waals surface area contributed by atoms with Crippen molar-refractivity contribution in [3.8, 4) is 0 Å². The molecular formula is C17H27N. The molecule has 2 rings (SSSR count). The summed E-state index contributed by atoms with van der Waals surface area (Å²) < 4.78 is 0. The van der Waals surface area contributed by atoms with Gasteiger partial charge in [0.1, 0.15) is 0 Å². The van der Waals surface area contributed by atoms with Crippen molar-refractivity contribution in [3.05, 3.63) is 34.9 Å². The third-order valence-corrected chi connectivity index (χ3v) is 4.85. The summed E-state index contributed by atoms with van der Waals surface area (Å²) in [6.07, 6.45) is 5.57. The van der Waals surface area contributed by atoms with E-state index < -0.39 is 0 Å². The Balaban J connectivity index is 1.99. The monoisotopic (exact) mass is 245 g/mol. The maximum absolute atomic E-state index is 3.76. The molecule has 1 aliphatic rings. The van der Waals surface area contributed by atoms with E-state index in [9.17, 15) is 0 Å². The first-order valence-electron chi connectivity index (χ1n) is 7.37. The van der Waals surface area contributed by atoms with Gasteiger partial charge in [0.15, 0.2) is 0 Å². The lowest BCUT2D eigenvalue weighted by molar-refractivity contribution is 0.120. The Hall–Kier alpha value is -0.820. The van der Waals surface area contributed by atoms with Crippen LogP contribution in [-0.2, 0) is 0 Å². The molecule has 0 heterocycles. The Kier molecular flexibility index (Phi) is 4.11. The molecule has 0 aromatic heterocycles. The summed E-state index contributed by atoms with van der Waals surface area (Å²) in [4.78, 5) is 0. The zero-order valence-electron chi connectivity index (χ0n) is 12.3. The molecule has 1 atom stereocenters. The summed E-state index contributed by atoms with van der Waals surface area (Å²) in [5.74, 6) is 0. The van der Waals surface area contributed by atoms with E-state index in [1.165, 1.54) is 48.9 Å². The summed E-state index contributed by atoms with van der Waals surface area (Å²) in [5, 5.41) is 3.76. The number of hydrogen-bond acceptors (Lipinski definition) is 1. The SMILES string of the molecule is CCC1(CNC(C)c2cc(C)ccc2C)CCC1. The van der Waals surface area contributed by atoms with Crippen LogP contribution >= 0.6 is 0 Å². The van der Waals surface area contributed by atoms with Crippen molar-refractivity contribution in [1.82, 2.24) is 5.32 Å². The molecule has 1 heteroatoms. The van der Waals surface area contributed by atoms with Crippen LogP contribution in [0.15, 0.2) is 18.2 Å². The van der Waals surface area contributed by atoms with Gasteiger partial charge in [0.2, 0.25) is 0 Å².